The summed E-state index contributed by atoms with van der Waals surface area (Å²) >= 11 is 0. The average molecular weight is 99.2 g/mol. The van der Waals surface area contributed by atoms with Gasteiger partial charge in [-0.2, -0.15) is 0 Å². The first kappa shape index (κ1) is 6.70. The smallest absolute Gasteiger partial charge is 0.0720 e. The van der Waals surface area contributed by atoms with Crippen LogP contribution in [0.25, 0.3) is 0 Å². The van der Waals surface area contributed by atoms with E-state index < -0.39 is 0 Å². The van der Waals surface area contributed by atoms with Gasteiger partial charge in [0.25, 0.3) is 0 Å². The van der Waals surface area contributed by atoms with Gasteiger partial charge in [0.05, 0.1) is 6.10 Å². The molecule has 1 atom stereocenters. The normalized spacial score (nSPS) is 15.3. The monoisotopic (exact) mass is 99.1 g/mol. The van der Waals surface area contributed by atoms with Crippen LogP contribution in [-0.4, -0.2) is 11.2 Å². The highest BCUT2D eigenvalue weighted by Gasteiger charge is 1.87. The second-order valence-corrected chi connectivity index (χ2v) is 1.38. The van der Waals surface area contributed by atoms with Gasteiger partial charge in [0.2, 0.25) is 0 Å². The highest BCUT2D eigenvalue weighted by molar-refractivity contribution is 4.85. The molecule has 0 spiro atoms. The van der Waals surface area contributed by atoms with Crippen LogP contribution in [-0.2, 0) is 0 Å². The van der Waals surface area contributed by atoms with E-state index in [9.17, 15) is 0 Å². The molecule has 0 rings (SSSR count). The zero-order valence-corrected chi connectivity index (χ0v) is 4.59. The fourth-order valence-electron chi connectivity index (χ4n) is 0.318. The lowest BCUT2D eigenvalue weighted by molar-refractivity contribution is 0.226. The molecule has 1 radical (unpaired) electrons. The van der Waals surface area contributed by atoms with Gasteiger partial charge in [-0.25, -0.2) is 0 Å². The van der Waals surface area contributed by atoms with Crippen molar-refractivity contribution in [2.75, 3.05) is 0 Å². The van der Waals surface area contributed by atoms with Gasteiger partial charge in [-0.1, -0.05) is 19.1 Å². The first-order valence-electron chi connectivity index (χ1n) is 2.41. The zero-order valence-electron chi connectivity index (χ0n) is 4.59. The molecule has 0 aliphatic rings. The second kappa shape index (κ2) is 3.88. The number of allylic oxidation sites excluding steroid dienone is 1. The quantitative estimate of drug-likeness (QED) is 0.515. The van der Waals surface area contributed by atoms with Gasteiger partial charge < -0.3 is 5.11 Å². The molecule has 0 aromatic rings. The van der Waals surface area contributed by atoms with Crippen molar-refractivity contribution >= 4 is 0 Å². The summed E-state index contributed by atoms with van der Waals surface area (Å²) in [6.45, 7) is 5.38. The molecule has 1 nitrogen and oxygen atoms in total. The Labute approximate surface area is 44.7 Å². The van der Waals surface area contributed by atoms with Crippen molar-refractivity contribution in [1.82, 2.24) is 0 Å². The molecular weight excluding hydrogens is 88.1 g/mol. The van der Waals surface area contributed by atoms with Crippen LogP contribution in [0.4, 0.5) is 0 Å². The lowest BCUT2D eigenvalue weighted by Crippen LogP contribution is -1.97. The van der Waals surface area contributed by atoms with Crippen molar-refractivity contribution < 1.29 is 5.11 Å². The van der Waals surface area contributed by atoms with Crippen LogP contribution < -0.4 is 0 Å². The summed E-state index contributed by atoms with van der Waals surface area (Å²) in [6.07, 6.45) is 3.75. The second-order valence-electron chi connectivity index (χ2n) is 1.38. The highest BCUT2D eigenvalue weighted by atomic mass is 16.3. The van der Waals surface area contributed by atoms with Crippen LogP contribution in [0.3, 0.4) is 0 Å². The number of aliphatic hydroxyl groups is 1. The molecule has 0 saturated carbocycles. The van der Waals surface area contributed by atoms with Gasteiger partial charge in [-0.3, -0.25) is 0 Å². The molecule has 41 valence electrons. The maximum Gasteiger partial charge on any atom is 0.0720 e. The van der Waals surface area contributed by atoms with Crippen LogP contribution >= 0.6 is 0 Å². The standard InChI is InChI=1S/C6H11O/c1-3-5-6(7)4-2/h3,5-7H,2,4H2,1H3. The summed E-state index contributed by atoms with van der Waals surface area (Å²) < 4.78 is 0. The Morgan fingerprint density at radius 3 is 2.57 bits per heavy atom. The van der Waals surface area contributed by atoms with E-state index in [1.807, 2.05) is 13.0 Å². The fourth-order valence-corrected chi connectivity index (χ4v) is 0.318. The minimum Gasteiger partial charge on any atom is -0.389 e. The molecule has 7 heavy (non-hydrogen) atoms. The molecule has 1 unspecified atom stereocenters. The SMILES string of the molecule is [CH2]CC(O)C=CC. The summed E-state index contributed by atoms with van der Waals surface area (Å²) in [5, 5.41) is 8.71. The summed E-state index contributed by atoms with van der Waals surface area (Å²) in [7, 11) is 0. The Bertz CT molecular complexity index is 57.2. The van der Waals surface area contributed by atoms with E-state index in [1.165, 1.54) is 0 Å². The van der Waals surface area contributed by atoms with Gasteiger partial charge in [0, 0.05) is 0 Å². The van der Waals surface area contributed by atoms with Crippen molar-refractivity contribution in [3.8, 4) is 0 Å². The van der Waals surface area contributed by atoms with Gasteiger partial charge in [0.15, 0.2) is 0 Å². The molecule has 0 fully saturated rings. The number of hydrogen-bond donors (Lipinski definition) is 1. The van der Waals surface area contributed by atoms with Crippen molar-refractivity contribution in [1.29, 1.82) is 0 Å². The topological polar surface area (TPSA) is 20.2 Å². The molecule has 0 aromatic carbocycles. The van der Waals surface area contributed by atoms with E-state index in [2.05, 4.69) is 6.92 Å². The summed E-state index contributed by atoms with van der Waals surface area (Å²) in [4.78, 5) is 0. The first-order chi connectivity index (χ1) is 3.31. The minimum atomic E-state index is -0.343. The predicted octanol–water partition coefficient (Wildman–Crippen LogP) is 1.15. The van der Waals surface area contributed by atoms with Crippen molar-refractivity contribution in [2.24, 2.45) is 0 Å². The van der Waals surface area contributed by atoms with E-state index in [4.69, 9.17) is 5.11 Å². The van der Waals surface area contributed by atoms with E-state index in [1.54, 1.807) is 6.08 Å². The van der Waals surface area contributed by atoms with Crippen LogP contribution in [0.5, 0.6) is 0 Å². The Morgan fingerprint density at radius 2 is 2.43 bits per heavy atom. The molecule has 0 heterocycles. The first-order valence-corrected chi connectivity index (χ1v) is 2.41. The Kier molecular flexibility index (Phi) is 3.71. The lowest BCUT2D eigenvalue weighted by atomic mass is 10.3. The summed E-state index contributed by atoms with van der Waals surface area (Å²) in [5.74, 6) is 0. The molecule has 0 aliphatic heterocycles. The maximum absolute atomic E-state index is 8.71. The number of hydrogen-bond acceptors (Lipinski definition) is 1. The Balaban J connectivity index is 3.16. The predicted molar refractivity (Wildman–Crippen MR) is 30.8 cm³/mol. The van der Waals surface area contributed by atoms with Crippen LogP contribution in [0.1, 0.15) is 13.3 Å². The summed E-state index contributed by atoms with van der Waals surface area (Å²) in [6, 6.07) is 0. The number of rotatable bonds is 2. The lowest BCUT2D eigenvalue weighted by Gasteiger charge is -1.95. The van der Waals surface area contributed by atoms with Crippen LogP contribution in [0.2, 0.25) is 0 Å². The Hall–Kier alpha value is -0.300. The van der Waals surface area contributed by atoms with Crippen LogP contribution in [0.15, 0.2) is 12.2 Å². The molecule has 0 saturated heterocycles. The highest BCUT2D eigenvalue weighted by Crippen LogP contribution is 1.88. The minimum absolute atomic E-state index is 0.343. The average Bonchev–Trinajstić information content (AvgIpc) is 1.68. The van der Waals surface area contributed by atoms with E-state index >= 15 is 0 Å². The molecule has 0 amide bonds. The summed E-state index contributed by atoms with van der Waals surface area (Å²) in [5.41, 5.74) is 0. The van der Waals surface area contributed by atoms with Gasteiger partial charge in [0.1, 0.15) is 0 Å². The molecule has 1 N–H and O–H groups in total. The molecule has 0 aliphatic carbocycles. The zero-order chi connectivity index (χ0) is 5.70. The van der Waals surface area contributed by atoms with E-state index in [-0.39, 0.29) is 6.10 Å². The third kappa shape index (κ3) is 3.53. The third-order valence-corrected chi connectivity index (χ3v) is 0.710. The molecule has 0 aromatic heterocycles. The van der Waals surface area contributed by atoms with Crippen molar-refractivity contribution in [3.05, 3.63) is 19.1 Å². The molecule has 0 bridgehead atoms. The number of aliphatic hydroxyl groups excluding tert-OH is 1. The Morgan fingerprint density at radius 1 is 1.86 bits per heavy atom. The van der Waals surface area contributed by atoms with Crippen molar-refractivity contribution in [3.63, 3.8) is 0 Å². The van der Waals surface area contributed by atoms with Gasteiger partial charge in [-0.15, -0.1) is 0 Å². The third-order valence-electron chi connectivity index (χ3n) is 0.710. The van der Waals surface area contributed by atoms with Crippen molar-refractivity contribution in [2.45, 2.75) is 19.4 Å². The maximum atomic E-state index is 8.71. The van der Waals surface area contributed by atoms with E-state index in [0.29, 0.717) is 6.42 Å². The fraction of sp³-hybridized carbons (Fsp3) is 0.500. The van der Waals surface area contributed by atoms with Gasteiger partial charge in [-0.05, 0) is 13.3 Å². The van der Waals surface area contributed by atoms with E-state index in [0.717, 1.165) is 0 Å². The van der Waals surface area contributed by atoms with Gasteiger partial charge >= 0.3 is 0 Å². The molecular formula is C6H11O. The molecule has 1 heteroatoms. The largest absolute Gasteiger partial charge is 0.389 e. The van der Waals surface area contributed by atoms with Crippen LogP contribution in [0, 0.1) is 6.92 Å².